The number of nitrogens with one attached hydrogen (secondary N) is 1. The maximum Gasteiger partial charge on any atom is 0.226 e. The second kappa shape index (κ2) is 5.96. The number of nitrogens with zero attached hydrogens (tertiary/aromatic N) is 4. The predicted molar refractivity (Wildman–Crippen MR) is 85.6 cm³/mol. The molecule has 0 aliphatic carbocycles. The van der Waals surface area contributed by atoms with Crippen molar-refractivity contribution in [2.75, 3.05) is 0 Å². The predicted octanol–water partition coefficient (Wildman–Crippen LogP) is 2.35. The van der Waals surface area contributed by atoms with Crippen molar-refractivity contribution in [3.05, 3.63) is 53.9 Å². The molecule has 1 aliphatic heterocycles. The number of rotatable bonds is 4. The van der Waals surface area contributed by atoms with Gasteiger partial charge in [0.1, 0.15) is 18.4 Å². The molecule has 0 amide bonds. The van der Waals surface area contributed by atoms with Gasteiger partial charge >= 0.3 is 0 Å². The average molecular weight is 309 g/mol. The molecule has 0 saturated heterocycles. The summed E-state index contributed by atoms with van der Waals surface area (Å²) in [6.45, 7) is 3.63. The molecule has 0 spiro atoms. The smallest absolute Gasteiger partial charge is 0.226 e. The Morgan fingerprint density at radius 1 is 1.30 bits per heavy atom. The molecule has 0 bridgehead atoms. The first kappa shape index (κ1) is 14.1. The third kappa shape index (κ3) is 3.03. The van der Waals surface area contributed by atoms with Crippen LogP contribution >= 0.6 is 0 Å². The molecule has 118 valence electrons. The summed E-state index contributed by atoms with van der Waals surface area (Å²) >= 11 is 0. The molecule has 3 heterocycles. The van der Waals surface area contributed by atoms with Gasteiger partial charge in [0.15, 0.2) is 0 Å². The van der Waals surface area contributed by atoms with Crippen molar-refractivity contribution < 1.29 is 4.42 Å². The van der Waals surface area contributed by atoms with E-state index in [1.165, 1.54) is 5.56 Å². The van der Waals surface area contributed by atoms with Gasteiger partial charge in [-0.3, -0.25) is 0 Å². The van der Waals surface area contributed by atoms with E-state index in [9.17, 15) is 0 Å². The summed E-state index contributed by atoms with van der Waals surface area (Å²) in [5.74, 6) is 1.75. The van der Waals surface area contributed by atoms with Crippen LogP contribution in [0.1, 0.15) is 23.5 Å². The third-order valence-corrected chi connectivity index (χ3v) is 4.23. The highest BCUT2D eigenvalue weighted by Gasteiger charge is 2.19. The maximum absolute atomic E-state index is 5.60. The molecule has 0 unspecified atom stereocenters. The minimum Gasteiger partial charge on any atom is -0.444 e. The van der Waals surface area contributed by atoms with Gasteiger partial charge in [-0.15, -0.1) is 0 Å². The molecule has 0 radical (unpaired) electrons. The Balaban J connectivity index is 1.38. The van der Waals surface area contributed by atoms with Crippen LogP contribution < -0.4 is 5.32 Å². The van der Waals surface area contributed by atoms with Crippen molar-refractivity contribution in [3.8, 4) is 11.5 Å². The van der Waals surface area contributed by atoms with Crippen LogP contribution in [0.5, 0.6) is 0 Å². The first-order valence-corrected chi connectivity index (χ1v) is 7.89. The zero-order valence-corrected chi connectivity index (χ0v) is 13.1. The van der Waals surface area contributed by atoms with Gasteiger partial charge in [-0.1, -0.05) is 17.7 Å². The van der Waals surface area contributed by atoms with Crippen LogP contribution in [0.25, 0.3) is 11.5 Å². The van der Waals surface area contributed by atoms with E-state index in [2.05, 4.69) is 39.4 Å². The number of fused-ring (bicyclic) bond motifs is 1. The summed E-state index contributed by atoms with van der Waals surface area (Å²) in [4.78, 5) is 8.81. The van der Waals surface area contributed by atoms with E-state index in [-0.39, 0.29) is 0 Å². The lowest BCUT2D eigenvalue weighted by Gasteiger charge is -2.23. The summed E-state index contributed by atoms with van der Waals surface area (Å²) in [5, 5.41) is 7.78. The van der Waals surface area contributed by atoms with Crippen LogP contribution in [0.15, 0.2) is 41.3 Å². The number of hydrogen-bond donors (Lipinski definition) is 1. The molecular formula is C17H19N5O. The molecule has 0 fully saturated rings. The van der Waals surface area contributed by atoms with E-state index in [4.69, 9.17) is 4.42 Å². The number of hydrogen-bond acceptors (Lipinski definition) is 5. The Kier molecular flexibility index (Phi) is 3.67. The molecule has 0 saturated carbocycles. The summed E-state index contributed by atoms with van der Waals surface area (Å²) in [7, 11) is 0. The third-order valence-electron chi connectivity index (χ3n) is 4.23. The van der Waals surface area contributed by atoms with Crippen LogP contribution in [0.4, 0.5) is 0 Å². The SMILES string of the molecule is Cc1ccc(-c2nc(CN[C@@H]3CCc4ncnn4C3)co2)cc1. The number of oxazole rings is 1. The summed E-state index contributed by atoms with van der Waals surface area (Å²) in [6.07, 6.45) is 5.39. The van der Waals surface area contributed by atoms with E-state index in [1.54, 1.807) is 12.6 Å². The van der Waals surface area contributed by atoms with Crippen molar-refractivity contribution in [3.63, 3.8) is 0 Å². The molecular weight excluding hydrogens is 290 g/mol. The molecule has 1 atom stereocenters. The van der Waals surface area contributed by atoms with Gasteiger partial charge in [0.2, 0.25) is 5.89 Å². The highest BCUT2D eigenvalue weighted by atomic mass is 16.3. The quantitative estimate of drug-likeness (QED) is 0.801. The fourth-order valence-corrected chi connectivity index (χ4v) is 2.87. The van der Waals surface area contributed by atoms with Crippen molar-refractivity contribution in [1.82, 2.24) is 25.1 Å². The summed E-state index contributed by atoms with van der Waals surface area (Å²) in [6, 6.07) is 8.59. The molecule has 3 aromatic rings. The minimum atomic E-state index is 0.392. The van der Waals surface area contributed by atoms with E-state index in [0.717, 1.165) is 36.5 Å². The fraction of sp³-hybridized carbons (Fsp3) is 0.353. The van der Waals surface area contributed by atoms with Crippen LogP contribution in [-0.2, 0) is 19.5 Å². The largest absolute Gasteiger partial charge is 0.444 e. The van der Waals surface area contributed by atoms with Crippen molar-refractivity contribution in [2.24, 2.45) is 0 Å². The first-order chi connectivity index (χ1) is 11.3. The monoisotopic (exact) mass is 309 g/mol. The molecule has 1 N–H and O–H groups in total. The second-order valence-corrected chi connectivity index (χ2v) is 5.98. The second-order valence-electron chi connectivity index (χ2n) is 5.98. The van der Waals surface area contributed by atoms with Gasteiger partial charge < -0.3 is 9.73 Å². The number of aryl methyl sites for hydroxylation is 2. The Bertz CT molecular complexity index is 789. The van der Waals surface area contributed by atoms with Gasteiger partial charge in [-0.25, -0.2) is 14.6 Å². The molecule has 1 aromatic carbocycles. The Morgan fingerprint density at radius 2 is 2.17 bits per heavy atom. The van der Waals surface area contributed by atoms with E-state index >= 15 is 0 Å². The van der Waals surface area contributed by atoms with Crippen molar-refractivity contribution >= 4 is 0 Å². The Labute approximate surface area is 134 Å². The lowest BCUT2D eigenvalue weighted by molar-refractivity contribution is 0.356. The topological polar surface area (TPSA) is 68.8 Å². The van der Waals surface area contributed by atoms with Gasteiger partial charge in [0.05, 0.1) is 12.2 Å². The van der Waals surface area contributed by atoms with Crippen LogP contribution in [-0.4, -0.2) is 25.8 Å². The van der Waals surface area contributed by atoms with E-state index in [1.807, 2.05) is 16.8 Å². The minimum absolute atomic E-state index is 0.392. The molecule has 23 heavy (non-hydrogen) atoms. The fourth-order valence-electron chi connectivity index (χ4n) is 2.87. The van der Waals surface area contributed by atoms with Crippen LogP contribution in [0, 0.1) is 6.92 Å². The van der Waals surface area contributed by atoms with Gasteiger partial charge in [0.25, 0.3) is 0 Å². The number of aromatic nitrogens is 4. The van der Waals surface area contributed by atoms with E-state index < -0.39 is 0 Å². The van der Waals surface area contributed by atoms with Gasteiger partial charge in [0, 0.05) is 24.6 Å². The van der Waals surface area contributed by atoms with E-state index in [0.29, 0.717) is 18.5 Å². The standard InChI is InChI=1S/C17H19N5O/c1-12-2-4-13(5-3-12)17-21-15(10-23-17)8-18-14-6-7-16-19-11-20-22(16)9-14/h2-5,10-11,14,18H,6-9H2,1H3/t14-/m1/s1. The lowest BCUT2D eigenvalue weighted by Crippen LogP contribution is -2.37. The Hall–Kier alpha value is -2.47. The molecule has 1 aliphatic rings. The van der Waals surface area contributed by atoms with Gasteiger partial charge in [-0.2, -0.15) is 5.10 Å². The zero-order chi connectivity index (χ0) is 15.6. The maximum atomic E-state index is 5.60. The average Bonchev–Trinajstić information content (AvgIpc) is 3.22. The van der Waals surface area contributed by atoms with Gasteiger partial charge in [-0.05, 0) is 25.5 Å². The Morgan fingerprint density at radius 3 is 3.04 bits per heavy atom. The molecule has 6 nitrogen and oxygen atoms in total. The highest BCUT2D eigenvalue weighted by Crippen LogP contribution is 2.19. The number of benzene rings is 1. The summed E-state index contributed by atoms with van der Waals surface area (Å²) in [5.41, 5.74) is 3.16. The molecule has 2 aromatic heterocycles. The van der Waals surface area contributed by atoms with Crippen LogP contribution in [0.2, 0.25) is 0 Å². The lowest BCUT2D eigenvalue weighted by atomic mass is 10.1. The zero-order valence-electron chi connectivity index (χ0n) is 13.1. The van der Waals surface area contributed by atoms with Crippen LogP contribution in [0.3, 0.4) is 0 Å². The summed E-state index contributed by atoms with van der Waals surface area (Å²) < 4.78 is 7.57. The molecule has 6 heteroatoms. The molecule has 4 rings (SSSR count). The first-order valence-electron chi connectivity index (χ1n) is 7.89. The van der Waals surface area contributed by atoms with Crippen molar-refractivity contribution in [2.45, 2.75) is 38.9 Å². The van der Waals surface area contributed by atoms with Crippen molar-refractivity contribution in [1.29, 1.82) is 0 Å². The highest BCUT2D eigenvalue weighted by molar-refractivity contribution is 5.53. The normalized spacial score (nSPS) is 17.2.